The lowest BCUT2D eigenvalue weighted by atomic mass is 10.1. The summed E-state index contributed by atoms with van der Waals surface area (Å²) < 4.78 is 0. The molecule has 0 aliphatic carbocycles. The van der Waals surface area contributed by atoms with Crippen LogP contribution in [-0.4, -0.2) is 29.5 Å². The number of aliphatic hydroxyl groups is 2. The lowest BCUT2D eigenvalue weighted by molar-refractivity contribution is 0.204. The molecule has 4 nitrogen and oxygen atoms in total. The molecule has 0 unspecified atom stereocenters. The molecule has 0 aliphatic rings. The van der Waals surface area contributed by atoms with Crippen molar-refractivity contribution in [3.05, 3.63) is 23.8 Å². The maximum atomic E-state index is 8.89. The third-order valence-electron chi connectivity index (χ3n) is 2.05. The second kappa shape index (κ2) is 8.47. The van der Waals surface area contributed by atoms with E-state index in [9.17, 15) is 0 Å². The largest absolute Gasteiger partial charge is 0.399 e. The van der Waals surface area contributed by atoms with Gasteiger partial charge in [0.15, 0.2) is 0 Å². The van der Waals surface area contributed by atoms with Crippen molar-refractivity contribution in [3.8, 4) is 0 Å². The standard InChI is InChI=1S/C10H16N2O2.2ClH/c1-7-4-8(11)2-3-10(7)12-9(5-13)6-14;;/h2-4,9,12-14H,5-6,11H2,1H3;2*1H. The second-order valence-corrected chi connectivity index (χ2v) is 3.28. The molecular weight excluding hydrogens is 251 g/mol. The number of rotatable bonds is 4. The minimum atomic E-state index is -0.322. The van der Waals surface area contributed by atoms with Crippen molar-refractivity contribution in [2.24, 2.45) is 0 Å². The summed E-state index contributed by atoms with van der Waals surface area (Å²) >= 11 is 0. The van der Waals surface area contributed by atoms with Crippen LogP contribution in [0, 0.1) is 6.92 Å². The summed E-state index contributed by atoms with van der Waals surface area (Å²) in [7, 11) is 0. The van der Waals surface area contributed by atoms with Gasteiger partial charge in [0.1, 0.15) is 0 Å². The lowest BCUT2D eigenvalue weighted by Crippen LogP contribution is -2.27. The Kier molecular flexibility index (Phi) is 9.37. The van der Waals surface area contributed by atoms with E-state index in [2.05, 4.69) is 5.32 Å². The monoisotopic (exact) mass is 268 g/mol. The molecule has 0 amide bonds. The Morgan fingerprint density at radius 2 is 1.81 bits per heavy atom. The molecule has 1 aromatic rings. The van der Waals surface area contributed by atoms with Gasteiger partial charge in [0.25, 0.3) is 0 Å². The summed E-state index contributed by atoms with van der Waals surface area (Å²) in [5.41, 5.74) is 8.18. The molecule has 1 rings (SSSR count). The van der Waals surface area contributed by atoms with Gasteiger partial charge in [-0.1, -0.05) is 0 Å². The molecule has 0 aromatic heterocycles. The van der Waals surface area contributed by atoms with E-state index in [1.165, 1.54) is 0 Å². The first-order valence-electron chi connectivity index (χ1n) is 4.51. The van der Waals surface area contributed by atoms with Crippen LogP contribution in [0.3, 0.4) is 0 Å². The Balaban J connectivity index is 0. The topological polar surface area (TPSA) is 78.5 Å². The van der Waals surface area contributed by atoms with Crippen molar-refractivity contribution >= 4 is 36.2 Å². The molecule has 94 valence electrons. The Labute approximate surface area is 108 Å². The van der Waals surface area contributed by atoms with Gasteiger partial charge in [0.2, 0.25) is 0 Å². The number of aryl methyl sites for hydroxylation is 1. The number of nitrogens with two attached hydrogens (primary N) is 1. The van der Waals surface area contributed by atoms with E-state index in [0.717, 1.165) is 11.3 Å². The fraction of sp³-hybridized carbons (Fsp3) is 0.400. The molecule has 0 spiro atoms. The maximum Gasteiger partial charge on any atom is 0.0723 e. The second-order valence-electron chi connectivity index (χ2n) is 3.28. The highest BCUT2D eigenvalue weighted by atomic mass is 35.5. The van der Waals surface area contributed by atoms with Crippen LogP contribution in [0.25, 0.3) is 0 Å². The number of aliphatic hydroxyl groups excluding tert-OH is 2. The predicted molar refractivity (Wildman–Crippen MR) is 71.7 cm³/mol. The first kappa shape index (κ1) is 17.7. The number of nitrogens with one attached hydrogen (secondary N) is 1. The Hall–Kier alpha value is -0.680. The van der Waals surface area contributed by atoms with Gasteiger partial charge in [0.05, 0.1) is 19.3 Å². The van der Waals surface area contributed by atoms with E-state index in [0.29, 0.717) is 5.69 Å². The van der Waals surface area contributed by atoms with E-state index in [1.807, 2.05) is 19.1 Å². The zero-order valence-electron chi connectivity index (χ0n) is 9.01. The number of benzene rings is 1. The number of anilines is 2. The molecule has 16 heavy (non-hydrogen) atoms. The van der Waals surface area contributed by atoms with E-state index >= 15 is 0 Å². The van der Waals surface area contributed by atoms with Crippen LogP contribution in [0.2, 0.25) is 0 Å². The average molecular weight is 269 g/mol. The average Bonchev–Trinajstić information content (AvgIpc) is 2.17. The van der Waals surface area contributed by atoms with Crippen molar-refractivity contribution in [3.63, 3.8) is 0 Å². The minimum absolute atomic E-state index is 0. The summed E-state index contributed by atoms with van der Waals surface area (Å²) in [5, 5.41) is 20.8. The maximum absolute atomic E-state index is 8.89. The smallest absolute Gasteiger partial charge is 0.0723 e. The lowest BCUT2D eigenvalue weighted by Gasteiger charge is -2.16. The number of hydrogen-bond donors (Lipinski definition) is 4. The normalized spacial score (nSPS) is 9.25. The van der Waals surface area contributed by atoms with E-state index in [-0.39, 0.29) is 44.1 Å². The zero-order chi connectivity index (χ0) is 10.6. The fourth-order valence-corrected chi connectivity index (χ4v) is 1.22. The van der Waals surface area contributed by atoms with E-state index < -0.39 is 0 Å². The van der Waals surface area contributed by atoms with Gasteiger partial charge in [-0.15, -0.1) is 24.8 Å². The van der Waals surface area contributed by atoms with Crippen LogP contribution in [-0.2, 0) is 0 Å². The van der Waals surface area contributed by atoms with Crippen LogP contribution in [0.4, 0.5) is 11.4 Å². The third-order valence-corrected chi connectivity index (χ3v) is 2.05. The zero-order valence-corrected chi connectivity index (χ0v) is 10.6. The molecule has 1 aromatic carbocycles. The quantitative estimate of drug-likeness (QED) is 0.619. The summed E-state index contributed by atoms with van der Waals surface area (Å²) in [6.07, 6.45) is 0. The highest BCUT2D eigenvalue weighted by Gasteiger charge is 2.06. The predicted octanol–water partition coefficient (Wildman–Crippen LogP) is 1.19. The first-order chi connectivity index (χ1) is 6.67. The molecule has 6 heteroatoms. The highest BCUT2D eigenvalue weighted by molar-refractivity contribution is 5.85. The van der Waals surface area contributed by atoms with Crippen molar-refractivity contribution in [1.82, 2.24) is 0 Å². The Morgan fingerprint density at radius 1 is 1.25 bits per heavy atom. The van der Waals surface area contributed by atoms with Crippen LogP contribution in [0.5, 0.6) is 0 Å². The number of nitrogen functional groups attached to an aromatic ring is 1. The summed E-state index contributed by atoms with van der Waals surface area (Å²) in [5.74, 6) is 0. The van der Waals surface area contributed by atoms with Crippen molar-refractivity contribution in [1.29, 1.82) is 0 Å². The molecule has 0 radical (unpaired) electrons. The molecule has 0 atom stereocenters. The van der Waals surface area contributed by atoms with Crippen LogP contribution in [0.15, 0.2) is 18.2 Å². The van der Waals surface area contributed by atoms with Gasteiger partial charge in [-0.2, -0.15) is 0 Å². The van der Waals surface area contributed by atoms with Crippen molar-refractivity contribution in [2.45, 2.75) is 13.0 Å². The van der Waals surface area contributed by atoms with Crippen molar-refractivity contribution < 1.29 is 10.2 Å². The van der Waals surface area contributed by atoms with E-state index in [4.69, 9.17) is 15.9 Å². The number of hydrogen-bond acceptors (Lipinski definition) is 4. The summed E-state index contributed by atoms with van der Waals surface area (Å²) in [6.45, 7) is 1.73. The fourth-order valence-electron chi connectivity index (χ4n) is 1.22. The molecule has 0 fully saturated rings. The van der Waals surface area contributed by atoms with Crippen LogP contribution < -0.4 is 11.1 Å². The van der Waals surface area contributed by atoms with Gasteiger partial charge < -0.3 is 21.3 Å². The molecule has 0 aliphatic heterocycles. The van der Waals surface area contributed by atoms with Gasteiger partial charge in [-0.05, 0) is 30.7 Å². The van der Waals surface area contributed by atoms with Gasteiger partial charge in [-0.3, -0.25) is 0 Å². The number of halogens is 2. The SMILES string of the molecule is Cc1cc(N)ccc1NC(CO)CO.Cl.Cl. The minimum Gasteiger partial charge on any atom is -0.399 e. The van der Waals surface area contributed by atoms with Crippen molar-refractivity contribution in [2.75, 3.05) is 24.3 Å². The highest BCUT2D eigenvalue weighted by Crippen LogP contribution is 2.18. The Bertz CT molecular complexity index is 307. The summed E-state index contributed by atoms with van der Waals surface area (Å²) in [6, 6.07) is 5.13. The van der Waals surface area contributed by atoms with Crippen LogP contribution >= 0.6 is 24.8 Å². The molecule has 0 saturated heterocycles. The van der Waals surface area contributed by atoms with Crippen LogP contribution in [0.1, 0.15) is 5.56 Å². The first-order valence-corrected chi connectivity index (χ1v) is 4.51. The molecule has 0 bridgehead atoms. The van der Waals surface area contributed by atoms with Gasteiger partial charge in [-0.25, -0.2) is 0 Å². The molecule has 0 heterocycles. The van der Waals surface area contributed by atoms with Gasteiger partial charge in [0, 0.05) is 11.4 Å². The molecular formula is C10H18Cl2N2O2. The van der Waals surface area contributed by atoms with Gasteiger partial charge >= 0.3 is 0 Å². The summed E-state index contributed by atoms with van der Waals surface area (Å²) in [4.78, 5) is 0. The third kappa shape index (κ3) is 4.90. The van der Waals surface area contributed by atoms with E-state index in [1.54, 1.807) is 6.07 Å². The Morgan fingerprint density at radius 3 is 2.25 bits per heavy atom. The molecule has 5 N–H and O–H groups in total. The molecule has 0 saturated carbocycles.